The second kappa shape index (κ2) is 12.8. The molecule has 8 heteroatoms. The van der Waals surface area contributed by atoms with Gasteiger partial charge in [-0.3, -0.25) is 9.79 Å². The van der Waals surface area contributed by atoms with Gasteiger partial charge in [-0.1, -0.05) is 37.3 Å². The van der Waals surface area contributed by atoms with Crippen molar-refractivity contribution in [1.29, 1.82) is 0 Å². The summed E-state index contributed by atoms with van der Waals surface area (Å²) >= 11 is 1.60. The van der Waals surface area contributed by atoms with Gasteiger partial charge in [-0.25, -0.2) is 0 Å². The van der Waals surface area contributed by atoms with Crippen LogP contribution in [0.1, 0.15) is 47.2 Å². The molecule has 2 aromatic carbocycles. The standard InChI is InChI=1S/C24H30N4O2S.HI/c1-4-16(2)28-23(30)19-10-7-8-17(12-19)14-26-24(25-3)27-15-20(29)22-13-18-9-5-6-11-21(18)31-22;/h5-13,16,20,29H,4,14-15H2,1-3H3,(H,28,30)(H2,25,26,27);1H. The van der Waals surface area contributed by atoms with E-state index in [-0.39, 0.29) is 35.9 Å². The SMILES string of the molecule is CCC(C)NC(=O)c1cccc(CNC(=NC)NCC(O)c2cc3ccccc3s2)c1.I. The summed E-state index contributed by atoms with van der Waals surface area (Å²) in [7, 11) is 1.69. The minimum absolute atomic E-state index is 0. The summed E-state index contributed by atoms with van der Waals surface area (Å²) in [5.41, 5.74) is 1.62. The fourth-order valence-electron chi connectivity index (χ4n) is 3.10. The third-order valence-corrected chi connectivity index (χ3v) is 6.32. The van der Waals surface area contributed by atoms with Crippen LogP contribution in [-0.4, -0.2) is 36.6 Å². The Morgan fingerprint density at radius 1 is 1.12 bits per heavy atom. The van der Waals surface area contributed by atoms with E-state index in [4.69, 9.17) is 0 Å². The molecule has 0 saturated heterocycles. The largest absolute Gasteiger partial charge is 0.386 e. The van der Waals surface area contributed by atoms with Crippen molar-refractivity contribution in [3.8, 4) is 0 Å². The summed E-state index contributed by atoms with van der Waals surface area (Å²) in [6.45, 7) is 4.90. The summed E-state index contributed by atoms with van der Waals surface area (Å²) in [6, 6.07) is 17.8. The van der Waals surface area contributed by atoms with Gasteiger partial charge < -0.3 is 21.1 Å². The average molecular weight is 567 g/mol. The lowest BCUT2D eigenvalue weighted by molar-refractivity contribution is 0.0939. The Kier molecular flexibility index (Phi) is 10.4. The molecule has 32 heavy (non-hydrogen) atoms. The van der Waals surface area contributed by atoms with Gasteiger partial charge in [0.25, 0.3) is 5.91 Å². The van der Waals surface area contributed by atoms with Crippen LogP contribution in [0, 0.1) is 0 Å². The van der Waals surface area contributed by atoms with Crippen LogP contribution in [0.4, 0.5) is 0 Å². The van der Waals surface area contributed by atoms with Crippen LogP contribution in [0.3, 0.4) is 0 Å². The molecule has 0 aliphatic heterocycles. The molecular weight excluding hydrogens is 535 g/mol. The highest BCUT2D eigenvalue weighted by Crippen LogP contribution is 2.29. The molecule has 4 N–H and O–H groups in total. The van der Waals surface area contributed by atoms with E-state index < -0.39 is 6.10 Å². The molecule has 172 valence electrons. The second-order valence-corrected chi connectivity index (χ2v) is 8.61. The Morgan fingerprint density at radius 2 is 1.91 bits per heavy atom. The van der Waals surface area contributed by atoms with Gasteiger partial charge in [-0.2, -0.15) is 0 Å². The first-order valence-electron chi connectivity index (χ1n) is 10.5. The van der Waals surface area contributed by atoms with E-state index in [1.165, 1.54) is 0 Å². The van der Waals surface area contributed by atoms with E-state index in [0.717, 1.165) is 26.9 Å². The van der Waals surface area contributed by atoms with Crippen LogP contribution < -0.4 is 16.0 Å². The topological polar surface area (TPSA) is 85.8 Å². The molecular formula is C24H31IN4O2S. The van der Waals surface area contributed by atoms with Crippen molar-refractivity contribution in [2.24, 2.45) is 4.99 Å². The van der Waals surface area contributed by atoms with Crippen LogP contribution in [0.5, 0.6) is 0 Å². The fourth-order valence-corrected chi connectivity index (χ4v) is 4.15. The molecule has 0 radical (unpaired) electrons. The first-order valence-corrected chi connectivity index (χ1v) is 11.3. The van der Waals surface area contributed by atoms with Crippen LogP contribution in [0.25, 0.3) is 10.1 Å². The first kappa shape index (κ1) is 26.1. The zero-order valence-corrected chi connectivity index (χ0v) is 21.7. The highest BCUT2D eigenvalue weighted by atomic mass is 127. The average Bonchev–Trinajstić information content (AvgIpc) is 3.23. The summed E-state index contributed by atoms with van der Waals surface area (Å²) < 4.78 is 1.16. The normalized spacial score (nSPS) is 13.2. The van der Waals surface area contributed by atoms with Gasteiger partial charge >= 0.3 is 0 Å². The summed E-state index contributed by atoms with van der Waals surface area (Å²) in [4.78, 5) is 17.5. The number of halogens is 1. The molecule has 1 amide bonds. The lowest BCUT2D eigenvalue weighted by Crippen LogP contribution is -2.39. The van der Waals surface area contributed by atoms with E-state index in [0.29, 0.717) is 24.6 Å². The van der Waals surface area contributed by atoms with Crippen molar-refractivity contribution in [2.45, 2.75) is 39.0 Å². The van der Waals surface area contributed by atoms with E-state index >= 15 is 0 Å². The number of hydrogen-bond donors (Lipinski definition) is 4. The molecule has 1 aromatic heterocycles. The molecule has 0 spiro atoms. The Balaban J connectivity index is 0.00000363. The lowest BCUT2D eigenvalue weighted by Gasteiger charge is -2.15. The maximum absolute atomic E-state index is 12.3. The number of amides is 1. The summed E-state index contributed by atoms with van der Waals surface area (Å²) in [5.74, 6) is 0.528. The van der Waals surface area contributed by atoms with Crippen molar-refractivity contribution < 1.29 is 9.90 Å². The Bertz CT molecular complexity index is 1020. The summed E-state index contributed by atoms with van der Waals surface area (Å²) in [5, 5.41) is 21.1. The van der Waals surface area contributed by atoms with Crippen molar-refractivity contribution >= 4 is 57.3 Å². The van der Waals surface area contributed by atoms with Gasteiger partial charge in [0.2, 0.25) is 0 Å². The number of nitrogens with one attached hydrogen (secondary N) is 3. The van der Waals surface area contributed by atoms with Gasteiger partial charge in [0.15, 0.2) is 5.96 Å². The highest BCUT2D eigenvalue weighted by Gasteiger charge is 2.13. The number of guanidine groups is 1. The predicted molar refractivity (Wildman–Crippen MR) is 144 cm³/mol. The quantitative estimate of drug-likeness (QED) is 0.185. The minimum atomic E-state index is -0.622. The molecule has 3 aromatic rings. The molecule has 3 rings (SSSR count). The monoisotopic (exact) mass is 566 g/mol. The van der Waals surface area contributed by atoms with Crippen molar-refractivity contribution in [2.75, 3.05) is 13.6 Å². The Labute approximate surface area is 210 Å². The molecule has 2 atom stereocenters. The molecule has 0 aliphatic carbocycles. The van der Waals surface area contributed by atoms with Crippen LogP contribution in [0.2, 0.25) is 0 Å². The lowest BCUT2D eigenvalue weighted by atomic mass is 10.1. The Hall–Kier alpha value is -2.17. The number of aliphatic imine (C=N–C) groups is 1. The van der Waals surface area contributed by atoms with E-state index in [1.54, 1.807) is 18.4 Å². The van der Waals surface area contributed by atoms with Crippen LogP contribution >= 0.6 is 35.3 Å². The van der Waals surface area contributed by atoms with Gasteiger partial charge in [0, 0.05) is 41.3 Å². The van der Waals surface area contributed by atoms with E-state index in [1.807, 2.05) is 62.4 Å². The third kappa shape index (κ3) is 7.18. The Morgan fingerprint density at radius 3 is 2.62 bits per heavy atom. The molecule has 0 aliphatic rings. The number of hydrogen-bond acceptors (Lipinski definition) is 4. The minimum Gasteiger partial charge on any atom is -0.386 e. The number of thiophene rings is 1. The van der Waals surface area contributed by atoms with Gasteiger partial charge in [-0.15, -0.1) is 35.3 Å². The van der Waals surface area contributed by atoms with E-state index in [2.05, 4.69) is 27.0 Å². The first-order chi connectivity index (χ1) is 15.0. The number of aliphatic hydroxyl groups is 1. The summed E-state index contributed by atoms with van der Waals surface area (Å²) in [6.07, 6.45) is 0.269. The predicted octanol–water partition coefficient (Wildman–Crippen LogP) is 4.45. The second-order valence-electron chi connectivity index (χ2n) is 7.49. The van der Waals surface area contributed by atoms with Gasteiger partial charge in [0.05, 0.1) is 0 Å². The van der Waals surface area contributed by atoms with Crippen molar-refractivity contribution in [3.63, 3.8) is 0 Å². The van der Waals surface area contributed by atoms with Crippen molar-refractivity contribution in [3.05, 3.63) is 70.6 Å². The molecule has 0 bridgehead atoms. The van der Waals surface area contributed by atoms with Crippen molar-refractivity contribution in [1.82, 2.24) is 16.0 Å². The van der Waals surface area contributed by atoms with E-state index in [9.17, 15) is 9.90 Å². The number of carbonyl (C=O) groups is 1. The molecule has 0 saturated carbocycles. The third-order valence-electron chi connectivity index (χ3n) is 5.10. The zero-order chi connectivity index (χ0) is 22.2. The number of nitrogens with zero attached hydrogens (tertiary/aromatic N) is 1. The highest BCUT2D eigenvalue weighted by molar-refractivity contribution is 14.0. The smallest absolute Gasteiger partial charge is 0.251 e. The van der Waals surface area contributed by atoms with Crippen LogP contribution in [0.15, 0.2) is 59.6 Å². The molecule has 2 unspecified atom stereocenters. The maximum atomic E-state index is 12.3. The van der Waals surface area contributed by atoms with Gasteiger partial charge in [-0.05, 0) is 48.6 Å². The number of carbonyl (C=O) groups excluding carboxylic acids is 1. The number of aliphatic hydroxyl groups excluding tert-OH is 1. The number of fused-ring (bicyclic) bond motifs is 1. The molecule has 6 nitrogen and oxygen atoms in total. The molecule has 1 heterocycles. The number of rotatable bonds is 8. The van der Waals surface area contributed by atoms with Crippen LogP contribution in [-0.2, 0) is 6.54 Å². The maximum Gasteiger partial charge on any atom is 0.251 e. The van der Waals surface area contributed by atoms with Gasteiger partial charge in [0.1, 0.15) is 6.10 Å². The number of benzene rings is 2. The fraction of sp³-hybridized carbons (Fsp3) is 0.333. The zero-order valence-electron chi connectivity index (χ0n) is 18.6. The molecule has 0 fully saturated rings.